The van der Waals surface area contributed by atoms with Crippen LogP contribution in [0.3, 0.4) is 0 Å². The second-order valence-electron chi connectivity index (χ2n) is 4.15. The van der Waals surface area contributed by atoms with Gasteiger partial charge in [-0.2, -0.15) is 0 Å². The van der Waals surface area contributed by atoms with E-state index < -0.39 is 0 Å². The minimum Gasteiger partial charge on any atom is -0.381 e. The lowest BCUT2D eigenvalue weighted by molar-refractivity contribution is -0.384. The fourth-order valence-corrected chi connectivity index (χ4v) is 2.09. The molecule has 1 aliphatic rings. The van der Waals surface area contributed by atoms with Crippen LogP contribution >= 0.6 is 0 Å². The Hall–Kier alpha value is -1.62. The van der Waals surface area contributed by atoms with Gasteiger partial charge in [-0.15, -0.1) is 0 Å². The fraction of sp³-hybridized carbons (Fsp3) is 0.455. The van der Waals surface area contributed by atoms with Gasteiger partial charge in [0, 0.05) is 29.9 Å². The lowest BCUT2D eigenvalue weighted by atomic mass is 10.1. The lowest BCUT2D eigenvalue weighted by Gasteiger charge is -2.18. The van der Waals surface area contributed by atoms with Gasteiger partial charge in [0.2, 0.25) is 0 Å². The third kappa shape index (κ3) is 2.30. The Morgan fingerprint density at radius 2 is 2.25 bits per heavy atom. The summed E-state index contributed by atoms with van der Waals surface area (Å²) >= 11 is 0. The summed E-state index contributed by atoms with van der Waals surface area (Å²) in [7, 11) is 0. The number of nitro benzene ring substituents is 1. The van der Waals surface area contributed by atoms with Crippen molar-refractivity contribution in [1.82, 2.24) is 0 Å². The van der Waals surface area contributed by atoms with Gasteiger partial charge < -0.3 is 11.1 Å². The molecule has 5 heteroatoms. The van der Waals surface area contributed by atoms with E-state index in [1.807, 2.05) is 6.07 Å². The molecular weight excluding hydrogens is 206 g/mol. The molecule has 16 heavy (non-hydrogen) atoms. The van der Waals surface area contributed by atoms with Gasteiger partial charge in [0.25, 0.3) is 5.69 Å². The van der Waals surface area contributed by atoms with Crippen molar-refractivity contribution >= 4 is 11.4 Å². The fourth-order valence-electron chi connectivity index (χ4n) is 2.09. The first-order valence-electron chi connectivity index (χ1n) is 5.43. The molecule has 5 nitrogen and oxygen atoms in total. The third-order valence-corrected chi connectivity index (χ3v) is 2.98. The van der Waals surface area contributed by atoms with E-state index in [4.69, 9.17) is 5.73 Å². The molecule has 0 aliphatic heterocycles. The number of nitrogens with one attached hydrogen (secondary N) is 1. The molecule has 0 amide bonds. The summed E-state index contributed by atoms with van der Waals surface area (Å²) in [6, 6.07) is 6.94. The molecule has 3 N–H and O–H groups in total. The summed E-state index contributed by atoms with van der Waals surface area (Å²) < 4.78 is 0. The van der Waals surface area contributed by atoms with Gasteiger partial charge in [-0.25, -0.2) is 0 Å². The number of nitro groups is 1. The second-order valence-corrected chi connectivity index (χ2v) is 4.15. The first-order valence-corrected chi connectivity index (χ1v) is 5.43. The van der Waals surface area contributed by atoms with Gasteiger partial charge in [-0.1, -0.05) is 6.07 Å². The van der Waals surface area contributed by atoms with Crippen LogP contribution in [0.15, 0.2) is 24.3 Å². The number of nitrogens with zero attached hydrogens (tertiary/aromatic N) is 1. The van der Waals surface area contributed by atoms with E-state index in [-0.39, 0.29) is 22.7 Å². The van der Waals surface area contributed by atoms with Crippen molar-refractivity contribution in [3.63, 3.8) is 0 Å². The van der Waals surface area contributed by atoms with Crippen LogP contribution in [0, 0.1) is 10.1 Å². The molecule has 0 saturated heterocycles. The molecule has 86 valence electrons. The number of nitrogens with two attached hydrogens (primary N) is 1. The van der Waals surface area contributed by atoms with E-state index >= 15 is 0 Å². The van der Waals surface area contributed by atoms with Crippen LogP contribution in [0.25, 0.3) is 0 Å². The molecule has 0 spiro atoms. The van der Waals surface area contributed by atoms with Crippen LogP contribution in [0.2, 0.25) is 0 Å². The summed E-state index contributed by atoms with van der Waals surface area (Å²) in [5, 5.41) is 13.9. The van der Waals surface area contributed by atoms with Crippen LogP contribution in [0.4, 0.5) is 11.4 Å². The van der Waals surface area contributed by atoms with Gasteiger partial charge >= 0.3 is 0 Å². The van der Waals surface area contributed by atoms with Gasteiger partial charge in [-0.3, -0.25) is 10.1 Å². The molecule has 1 saturated carbocycles. The minimum atomic E-state index is -0.389. The third-order valence-electron chi connectivity index (χ3n) is 2.98. The molecule has 2 rings (SSSR count). The van der Waals surface area contributed by atoms with Crippen LogP contribution < -0.4 is 11.1 Å². The van der Waals surface area contributed by atoms with Crippen LogP contribution in [-0.2, 0) is 0 Å². The van der Waals surface area contributed by atoms with Crippen molar-refractivity contribution in [2.45, 2.75) is 31.3 Å². The van der Waals surface area contributed by atoms with E-state index in [0.29, 0.717) is 0 Å². The molecule has 2 unspecified atom stereocenters. The average Bonchev–Trinajstić information content (AvgIpc) is 2.65. The highest BCUT2D eigenvalue weighted by Crippen LogP contribution is 2.23. The van der Waals surface area contributed by atoms with Crippen molar-refractivity contribution in [2.75, 3.05) is 5.32 Å². The van der Waals surface area contributed by atoms with E-state index in [0.717, 1.165) is 24.9 Å². The Kier molecular flexibility index (Phi) is 3.05. The van der Waals surface area contributed by atoms with Crippen LogP contribution in [-0.4, -0.2) is 17.0 Å². The Morgan fingerprint density at radius 3 is 2.88 bits per heavy atom. The number of anilines is 1. The normalized spacial score (nSPS) is 24.3. The number of rotatable bonds is 3. The Bertz CT molecular complexity index is 395. The Labute approximate surface area is 93.8 Å². The zero-order valence-electron chi connectivity index (χ0n) is 8.93. The SMILES string of the molecule is NC1CCCC1Nc1cccc([N+](=O)[O-])c1. The molecule has 1 aromatic rings. The first kappa shape index (κ1) is 10.9. The van der Waals surface area contributed by atoms with Crippen molar-refractivity contribution in [3.8, 4) is 0 Å². The van der Waals surface area contributed by atoms with Gasteiger partial charge in [0.05, 0.1) is 4.92 Å². The highest BCUT2D eigenvalue weighted by atomic mass is 16.6. The predicted octanol–water partition coefficient (Wildman–Crippen LogP) is 1.89. The predicted molar refractivity (Wildman–Crippen MR) is 62.3 cm³/mol. The maximum absolute atomic E-state index is 10.6. The minimum absolute atomic E-state index is 0.108. The maximum Gasteiger partial charge on any atom is 0.271 e. The van der Waals surface area contributed by atoms with Gasteiger partial charge in [-0.05, 0) is 25.3 Å². The number of non-ortho nitro benzene ring substituents is 1. The molecule has 0 aromatic heterocycles. The quantitative estimate of drug-likeness (QED) is 0.603. The van der Waals surface area contributed by atoms with E-state index in [9.17, 15) is 10.1 Å². The van der Waals surface area contributed by atoms with Crippen LogP contribution in [0.5, 0.6) is 0 Å². The van der Waals surface area contributed by atoms with Gasteiger partial charge in [0.15, 0.2) is 0 Å². The summed E-state index contributed by atoms with van der Waals surface area (Å²) in [6.07, 6.45) is 3.17. The molecule has 0 heterocycles. The molecule has 2 atom stereocenters. The van der Waals surface area contributed by atoms with Crippen molar-refractivity contribution in [2.24, 2.45) is 5.73 Å². The zero-order chi connectivity index (χ0) is 11.5. The zero-order valence-corrected chi connectivity index (χ0v) is 8.93. The number of benzene rings is 1. The standard InChI is InChI=1S/C11H15N3O2/c12-10-5-2-6-11(10)13-8-3-1-4-9(7-8)14(15)16/h1,3-4,7,10-11,13H,2,5-6,12H2. The summed E-state index contributed by atoms with van der Waals surface area (Å²) in [6.45, 7) is 0. The summed E-state index contributed by atoms with van der Waals surface area (Å²) in [5.74, 6) is 0. The van der Waals surface area contributed by atoms with Gasteiger partial charge in [0.1, 0.15) is 0 Å². The lowest BCUT2D eigenvalue weighted by Crippen LogP contribution is -2.35. The number of hydrogen-bond acceptors (Lipinski definition) is 4. The largest absolute Gasteiger partial charge is 0.381 e. The Balaban J connectivity index is 2.09. The summed E-state index contributed by atoms with van der Waals surface area (Å²) in [5.41, 5.74) is 6.81. The van der Waals surface area contributed by atoms with Crippen molar-refractivity contribution < 1.29 is 4.92 Å². The Morgan fingerprint density at radius 1 is 1.44 bits per heavy atom. The average molecular weight is 221 g/mol. The van der Waals surface area contributed by atoms with E-state index in [2.05, 4.69) is 5.32 Å². The molecule has 1 fully saturated rings. The molecule has 0 bridgehead atoms. The molecule has 1 aliphatic carbocycles. The van der Waals surface area contributed by atoms with Crippen molar-refractivity contribution in [3.05, 3.63) is 34.4 Å². The highest BCUT2D eigenvalue weighted by molar-refractivity contribution is 5.51. The highest BCUT2D eigenvalue weighted by Gasteiger charge is 2.23. The topological polar surface area (TPSA) is 81.2 Å². The first-order chi connectivity index (χ1) is 7.66. The van der Waals surface area contributed by atoms with Crippen LogP contribution in [0.1, 0.15) is 19.3 Å². The monoisotopic (exact) mass is 221 g/mol. The molecular formula is C11H15N3O2. The number of hydrogen-bond donors (Lipinski definition) is 2. The van der Waals surface area contributed by atoms with Crippen molar-refractivity contribution in [1.29, 1.82) is 0 Å². The smallest absolute Gasteiger partial charge is 0.271 e. The van der Waals surface area contributed by atoms with E-state index in [1.54, 1.807) is 12.1 Å². The van der Waals surface area contributed by atoms with E-state index in [1.165, 1.54) is 6.07 Å². The molecule has 0 radical (unpaired) electrons. The summed E-state index contributed by atoms with van der Waals surface area (Å²) in [4.78, 5) is 10.2. The second kappa shape index (κ2) is 4.49. The molecule has 1 aromatic carbocycles. The maximum atomic E-state index is 10.6.